The predicted molar refractivity (Wildman–Crippen MR) is 105 cm³/mol. The summed E-state index contributed by atoms with van der Waals surface area (Å²) in [5.74, 6) is -0.224. The van der Waals surface area contributed by atoms with E-state index in [1.807, 2.05) is 13.8 Å². The Kier molecular flexibility index (Phi) is 7.22. The minimum atomic E-state index is -4.63. The summed E-state index contributed by atoms with van der Waals surface area (Å²) in [6, 6.07) is 7.13. The van der Waals surface area contributed by atoms with E-state index in [2.05, 4.69) is 27.2 Å². The molecule has 0 spiro atoms. The van der Waals surface area contributed by atoms with Gasteiger partial charge in [-0.25, -0.2) is 4.79 Å². The summed E-state index contributed by atoms with van der Waals surface area (Å²) >= 11 is 2.24. The fourth-order valence-electron chi connectivity index (χ4n) is 3.20. The van der Waals surface area contributed by atoms with E-state index in [0.29, 0.717) is 22.0 Å². The van der Waals surface area contributed by atoms with E-state index in [1.165, 1.54) is 18.3 Å². The van der Waals surface area contributed by atoms with E-state index < -0.39 is 23.4 Å². The minimum absolute atomic E-state index is 0.119. The van der Waals surface area contributed by atoms with Crippen molar-refractivity contribution in [1.82, 2.24) is 10.3 Å². The number of halogens is 3. The molecule has 2 N–H and O–H groups in total. The Morgan fingerprint density at radius 2 is 1.90 bits per heavy atom. The van der Waals surface area contributed by atoms with Gasteiger partial charge in [0.05, 0.1) is 0 Å². The number of hydrogen-bond donors (Lipinski definition) is 2. The second-order valence-corrected chi connectivity index (χ2v) is 8.45. The van der Waals surface area contributed by atoms with Crippen molar-refractivity contribution in [3.05, 3.63) is 42.1 Å². The number of carboxylic acid groups (broad SMARTS) is 1. The van der Waals surface area contributed by atoms with Crippen LogP contribution in [0.5, 0.6) is 5.75 Å². The molecule has 1 atom stereocenters. The molecule has 5 nitrogen and oxygen atoms in total. The summed E-state index contributed by atoms with van der Waals surface area (Å²) in [5.41, 5.74) is -0.958. The molecular formula is C20H22AsF3N2O3. The van der Waals surface area contributed by atoms with Crippen molar-refractivity contribution in [1.29, 1.82) is 0 Å². The number of amides is 1. The molecular weight excluding hydrogens is 448 g/mol. The first-order valence-corrected chi connectivity index (χ1v) is 9.84. The van der Waals surface area contributed by atoms with Crippen molar-refractivity contribution in [3.63, 3.8) is 0 Å². The third-order valence-electron chi connectivity index (χ3n) is 4.18. The van der Waals surface area contributed by atoms with Gasteiger partial charge in [-0.2, -0.15) is 0 Å². The molecule has 0 bridgehead atoms. The smallest absolute Gasteiger partial charge is 0.465 e. The van der Waals surface area contributed by atoms with Crippen LogP contribution < -0.4 is 14.5 Å². The Labute approximate surface area is 176 Å². The van der Waals surface area contributed by atoms with Crippen LogP contribution in [0, 0.1) is 5.92 Å². The standard InChI is InChI=1S/C20H22AsF3N2O3/c1-12(2)10-19(3,26-18(27)28)11-29-16-5-4-13(8-15(16)20(22,23)24)14-6-7-25-17(21)9-14/h4-9,12,26H,10-11H2,1-3H3,(H,27,28). The molecule has 0 aliphatic heterocycles. The van der Waals surface area contributed by atoms with Gasteiger partial charge in [0.2, 0.25) is 0 Å². The van der Waals surface area contributed by atoms with Crippen LogP contribution in [0.15, 0.2) is 36.5 Å². The van der Waals surface area contributed by atoms with E-state index in [1.54, 1.807) is 19.1 Å². The summed E-state index contributed by atoms with van der Waals surface area (Å²) in [4.78, 5) is 15.1. The zero-order valence-electron chi connectivity index (χ0n) is 16.2. The molecule has 0 saturated carbocycles. The van der Waals surface area contributed by atoms with Gasteiger partial charge in [0.25, 0.3) is 0 Å². The topological polar surface area (TPSA) is 71.5 Å². The molecule has 1 unspecified atom stereocenters. The molecule has 2 radical (unpaired) electrons. The zero-order valence-corrected chi connectivity index (χ0v) is 18.1. The number of ether oxygens (including phenoxy) is 1. The quantitative estimate of drug-likeness (QED) is 0.600. The molecule has 0 saturated heterocycles. The summed E-state index contributed by atoms with van der Waals surface area (Å²) in [5, 5.41) is 11.4. The molecule has 156 valence electrons. The van der Waals surface area contributed by atoms with Crippen molar-refractivity contribution in [2.24, 2.45) is 5.92 Å². The normalized spacial score (nSPS) is 13.8. The first-order valence-electron chi connectivity index (χ1n) is 8.90. The Morgan fingerprint density at radius 1 is 1.24 bits per heavy atom. The molecule has 1 amide bonds. The molecule has 9 heteroatoms. The maximum absolute atomic E-state index is 13.7. The molecule has 2 rings (SSSR count). The second kappa shape index (κ2) is 9.07. The number of nitrogens with zero attached hydrogens (tertiary/aromatic N) is 1. The van der Waals surface area contributed by atoms with Crippen LogP contribution in [0.3, 0.4) is 0 Å². The first-order chi connectivity index (χ1) is 13.4. The third kappa shape index (κ3) is 6.67. The number of aromatic nitrogens is 1. The number of rotatable bonds is 7. The molecule has 2 aromatic rings. The summed E-state index contributed by atoms with van der Waals surface area (Å²) in [6.45, 7) is 5.17. The SMILES string of the molecule is CC(C)CC(C)(COc1ccc(-c2ccnc([As])c2)cc1C(F)(F)F)NC(=O)O. The van der Waals surface area contributed by atoms with Crippen molar-refractivity contribution in [2.75, 3.05) is 6.61 Å². The van der Waals surface area contributed by atoms with Gasteiger partial charge in [-0.3, -0.25) is 0 Å². The number of pyridine rings is 1. The van der Waals surface area contributed by atoms with E-state index in [9.17, 15) is 18.0 Å². The average Bonchev–Trinajstić information content (AvgIpc) is 2.57. The molecule has 29 heavy (non-hydrogen) atoms. The summed E-state index contributed by atoms with van der Waals surface area (Å²) in [7, 11) is 0. The number of alkyl halides is 3. The van der Waals surface area contributed by atoms with Crippen LogP contribution in [0.4, 0.5) is 18.0 Å². The zero-order chi connectivity index (χ0) is 21.8. The van der Waals surface area contributed by atoms with Crippen molar-refractivity contribution in [3.8, 4) is 16.9 Å². The fourth-order valence-corrected chi connectivity index (χ4v) is 3.63. The van der Waals surface area contributed by atoms with Crippen LogP contribution in [0.1, 0.15) is 32.8 Å². The monoisotopic (exact) mass is 470 g/mol. The van der Waals surface area contributed by atoms with E-state index in [4.69, 9.17) is 9.84 Å². The number of nitrogens with one attached hydrogen (secondary N) is 1. The van der Waals surface area contributed by atoms with Gasteiger partial charge in [0, 0.05) is 0 Å². The van der Waals surface area contributed by atoms with Crippen LogP contribution in [-0.2, 0) is 6.18 Å². The van der Waals surface area contributed by atoms with Crippen molar-refractivity contribution < 1.29 is 27.8 Å². The van der Waals surface area contributed by atoms with Gasteiger partial charge in [0.15, 0.2) is 0 Å². The molecule has 1 aromatic carbocycles. The molecule has 0 aliphatic rings. The summed E-state index contributed by atoms with van der Waals surface area (Å²) in [6.07, 6.45) is -3.95. The van der Waals surface area contributed by atoms with E-state index in [0.717, 1.165) is 6.07 Å². The van der Waals surface area contributed by atoms with Gasteiger partial charge >= 0.3 is 152 Å². The Morgan fingerprint density at radius 3 is 2.45 bits per heavy atom. The van der Waals surface area contributed by atoms with Gasteiger partial charge < -0.3 is 5.11 Å². The Balaban J connectivity index is 2.35. The van der Waals surface area contributed by atoms with Crippen LogP contribution >= 0.6 is 0 Å². The van der Waals surface area contributed by atoms with Crippen LogP contribution in [0.25, 0.3) is 11.1 Å². The van der Waals surface area contributed by atoms with Crippen molar-refractivity contribution in [2.45, 2.75) is 38.9 Å². The fraction of sp³-hybridized carbons (Fsp3) is 0.400. The predicted octanol–water partition coefficient (Wildman–Crippen LogP) is 4.01. The molecule has 0 aliphatic carbocycles. The molecule has 1 aromatic heterocycles. The van der Waals surface area contributed by atoms with E-state index >= 15 is 0 Å². The maximum atomic E-state index is 13.7. The number of carbonyl (C=O) groups is 1. The molecule has 0 fully saturated rings. The Hall–Kier alpha value is -2.21. The Bertz CT molecular complexity index is 874. The number of benzene rings is 1. The van der Waals surface area contributed by atoms with Gasteiger partial charge in [-0.1, -0.05) is 13.8 Å². The third-order valence-corrected chi connectivity index (χ3v) is 4.69. The molecule has 1 heterocycles. The number of hydrogen-bond acceptors (Lipinski definition) is 3. The van der Waals surface area contributed by atoms with Gasteiger partial charge in [-0.15, -0.1) is 0 Å². The van der Waals surface area contributed by atoms with Gasteiger partial charge in [-0.05, 0) is 0 Å². The minimum Gasteiger partial charge on any atom is -0.465 e. The van der Waals surface area contributed by atoms with Crippen LogP contribution in [0.2, 0.25) is 0 Å². The van der Waals surface area contributed by atoms with Crippen molar-refractivity contribution >= 4 is 27.4 Å². The first kappa shape index (κ1) is 23.1. The van der Waals surface area contributed by atoms with E-state index in [-0.39, 0.29) is 18.3 Å². The van der Waals surface area contributed by atoms with Crippen LogP contribution in [-0.4, -0.2) is 45.2 Å². The average molecular weight is 470 g/mol. The summed E-state index contributed by atoms with van der Waals surface area (Å²) < 4.78 is 47.1. The van der Waals surface area contributed by atoms with Gasteiger partial charge in [0.1, 0.15) is 0 Å². The second-order valence-electron chi connectivity index (χ2n) is 7.49.